The van der Waals surface area contributed by atoms with Crippen LogP contribution in [0, 0.1) is 12.8 Å². The molecule has 1 unspecified atom stereocenters. The molecule has 1 atom stereocenters. The van der Waals surface area contributed by atoms with Crippen molar-refractivity contribution >= 4 is 5.91 Å². The molecule has 0 spiro atoms. The van der Waals surface area contributed by atoms with Gasteiger partial charge in [-0.3, -0.25) is 9.59 Å². The maximum absolute atomic E-state index is 13.6. The van der Waals surface area contributed by atoms with Crippen LogP contribution in [0.25, 0.3) is 0 Å². The van der Waals surface area contributed by atoms with Crippen LogP contribution in [0.3, 0.4) is 0 Å². The van der Waals surface area contributed by atoms with Crippen LogP contribution in [-0.4, -0.2) is 33.9 Å². The van der Waals surface area contributed by atoms with Crippen LogP contribution in [0.5, 0.6) is 0 Å². The lowest BCUT2D eigenvalue weighted by molar-refractivity contribution is -0.134. The maximum atomic E-state index is 13.6. The molecular formula is C22H27N3O2. The number of carbonyl (C=O) groups excluding carboxylic acids is 1. The Hall–Kier alpha value is -2.43. The van der Waals surface area contributed by atoms with Gasteiger partial charge in [-0.15, -0.1) is 0 Å². The van der Waals surface area contributed by atoms with E-state index in [1.807, 2.05) is 23.1 Å². The summed E-state index contributed by atoms with van der Waals surface area (Å²) < 4.78 is 0. The van der Waals surface area contributed by atoms with Crippen molar-refractivity contribution in [3.05, 3.63) is 63.3 Å². The number of nitrogens with one attached hydrogen (secondary N) is 1. The minimum absolute atomic E-state index is 0.0535. The fourth-order valence-corrected chi connectivity index (χ4v) is 4.72. The van der Waals surface area contributed by atoms with Gasteiger partial charge in [0.05, 0.1) is 11.6 Å². The van der Waals surface area contributed by atoms with Crippen molar-refractivity contribution in [2.75, 3.05) is 13.1 Å². The molecule has 1 aromatic heterocycles. The average Bonchev–Trinajstić information content (AvgIpc) is 3.09. The van der Waals surface area contributed by atoms with Crippen LogP contribution in [0.2, 0.25) is 0 Å². The summed E-state index contributed by atoms with van der Waals surface area (Å²) in [6, 6.07) is 10.2. The molecule has 2 aliphatic rings. The number of nitrogens with zero attached hydrogens (tertiary/aromatic N) is 2. The Bertz CT molecular complexity index is 869. The van der Waals surface area contributed by atoms with E-state index in [9.17, 15) is 9.59 Å². The first-order chi connectivity index (χ1) is 13.1. The standard InChI is InChI=1S/C22H27N3O2/c1-15-23-19-12-14-25(13-11-18(19)21(26)24-15)22(27)20(17-9-5-6-10-17)16-7-3-2-4-8-16/h2-4,7-8,17,20H,5-6,9-14H2,1H3,(H,23,24,26). The predicted octanol–water partition coefficient (Wildman–Crippen LogP) is 2.98. The molecule has 27 heavy (non-hydrogen) atoms. The number of fused-ring (bicyclic) bond motifs is 1. The normalized spacial score (nSPS) is 18.8. The largest absolute Gasteiger partial charge is 0.341 e. The molecule has 142 valence electrons. The van der Waals surface area contributed by atoms with E-state index in [1.165, 1.54) is 12.8 Å². The molecule has 0 bridgehead atoms. The van der Waals surface area contributed by atoms with E-state index in [2.05, 4.69) is 22.1 Å². The van der Waals surface area contributed by atoms with Gasteiger partial charge < -0.3 is 9.88 Å². The molecule has 1 saturated carbocycles. The third-order valence-electron chi connectivity index (χ3n) is 6.08. The zero-order chi connectivity index (χ0) is 18.8. The summed E-state index contributed by atoms with van der Waals surface area (Å²) in [6.07, 6.45) is 5.91. The van der Waals surface area contributed by atoms with Crippen LogP contribution in [-0.2, 0) is 17.6 Å². The summed E-state index contributed by atoms with van der Waals surface area (Å²) in [5.74, 6) is 1.22. The fraction of sp³-hybridized carbons (Fsp3) is 0.500. The van der Waals surface area contributed by atoms with Crippen molar-refractivity contribution in [1.82, 2.24) is 14.9 Å². The van der Waals surface area contributed by atoms with Crippen LogP contribution in [0.4, 0.5) is 0 Å². The van der Waals surface area contributed by atoms with Crippen LogP contribution in [0.1, 0.15) is 54.2 Å². The Morgan fingerprint density at radius 1 is 1.15 bits per heavy atom. The van der Waals surface area contributed by atoms with Gasteiger partial charge in [-0.1, -0.05) is 43.2 Å². The van der Waals surface area contributed by atoms with Gasteiger partial charge in [-0.05, 0) is 37.7 Å². The number of hydrogen-bond donors (Lipinski definition) is 1. The summed E-state index contributed by atoms with van der Waals surface area (Å²) in [5.41, 5.74) is 2.67. The molecule has 0 radical (unpaired) electrons. The lowest BCUT2D eigenvalue weighted by Crippen LogP contribution is -2.39. The van der Waals surface area contributed by atoms with E-state index in [0.29, 0.717) is 37.7 Å². The van der Waals surface area contributed by atoms with Gasteiger partial charge in [0.1, 0.15) is 5.82 Å². The van der Waals surface area contributed by atoms with Gasteiger partial charge in [-0.25, -0.2) is 4.98 Å². The molecule has 1 aliphatic heterocycles. The number of aromatic amines is 1. The lowest BCUT2D eigenvalue weighted by Gasteiger charge is -2.30. The quantitative estimate of drug-likeness (QED) is 0.909. The van der Waals surface area contributed by atoms with Crippen molar-refractivity contribution < 1.29 is 4.79 Å². The van der Waals surface area contributed by atoms with E-state index in [0.717, 1.165) is 29.7 Å². The summed E-state index contributed by atoms with van der Waals surface area (Å²) in [6.45, 7) is 3.04. The highest BCUT2D eigenvalue weighted by molar-refractivity contribution is 5.84. The van der Waals surface area contributed by atoms with Crippen LogP contribution >= 0.6 is 0 Å². The van der Waals surface area contributed by atoms with Gasteiger partial charge in [-0.2, -0.15) is 0 Å². The first kappa shape index (κ1) is 18.0. The molecule has 0 saturated heterocycles. The van der Waals surface area contributed by atoms with E-state index in [-0.39, 0.29) is 17.4 Å². The number of aromatic nitrogens is 2. The monoisotopic (exact) mass is 365 g/mol. The Labute approximate surface area is 159 Å². The zero-order valence-corrected chi connectivity index (χ0v) is 15.9. The average molecular weight is 365 g/mol. The van der Waals surface area contributed by atoms with Gasteiger partial charge >= 0.3 is 0 Å². The zero-order valence-electron chi connectivity index (χ0n) is 15.9. The number of aryl methyl sites for hydroxylation is 1. The second-order valence-corrected chi connectivity index (χ2v) is 7.83. The molecule has 4 rings (SSSR count). The topological polar surface area (TPSA) is 66.1 Å². The molecule has 5 nitrogen and oxygen atoms in total. The molecule has 1 N–H and O–H groups in total. The van der Waals surface area contributed by atoms with Crippen LogP contribution < -0.4 is 5.56 Å². The van der Waals surface area contributed by atoms with Crippen molar-refractivity contribution in [3.8, 4) is 0 Å². The Morgan fingerprint density at radius 3 is 2.59 bits per heavy atom. The SMILES string of the molecule is Cc1nc2c(c(=O)[nH]1)CCN(C(=O)C(c1ccccc1)C1CCCC1)CC2. The number of carbonyl (C=O) groups is 1. The predicted molar refractivity (Wildman–Crippen MR) is 105 cm³/mol. The molecule has 1 amide bonds. The van der Waals surface area contributed by atoms with Gasteiger partial charge in [0.25, 0.3) is 5.56 Å². The molecule has 2 heterocycles. The van der Waals surface area contributed by atoms with Crippen molar-refractivity contribution in [2.24, 2.45) is 5.92 Å². The number of hydrogen-bond acceptors (Lipinski definition) is 3. The Kier molecular flexibility index (Phi) is 5.10. The van der Waals surface area contributed by atoms with Crippen LogP contribution in [0.15, 0.2) is 35.1 Å². The van der Waals surface area contributed by atoms with Crippen molar-refractivity contribution in [2.45, 2.75) is 51.4 Å². The number of benzene rings is 1. The fourth-order valence-electron chi connectivity index (χ4n) is 4.72. The van der Waals surface area contributed by atoms with E-state index >= 15 is 0 Å². The van der Waals surface area contributed by atoms with Gasteiger partial charge in [0.15, 0.2) is 0 Å². The smallest absolute Gasteiger partial charge is 0.254 e. The molecule has 1 aliphatic carbocycles. The number of H-pyrrole nitrogens is 1. The second-order valence-electron chi connectivity index (χ2n) is 7.83. The summed E-state index contributed by atoms with van der Waals surface area (Å²) in [5, 5.41) is 0. The maximum Gasteiger partial charge on any atom is 0.254 e. The highest BCUT2D eigenvalue weighted by Crippen LogP contribution is 2.38. The summed E-state index contributed by atoms with van der Waals surface area (Å²) in [7, 11) is 0. The Morgan fingerprint density at radius 2 is 1.85 bits per heavy atom. The third-order valence-corrected chi connectivity index (χ3v) is 6.08. The minimum atomic E-state index is -0.0668. The third kappa shape index (κ3) is 3.68. The van der Waals surface area contributed by atoms with E-state index in [4.69, 9.17) is 0 Å². The van der Waals surface area contributed by atoms with Gasteiger partial charge in [0, 0.05) is 25.1 Å². The molecule has 1 aromatic carbocycles. The summed E-state index contributed by atoms with van der Waals surface area (Å²) >= 11 is 0. The second kappa shape index (κ2) is 7.67. The minimum Gasteiger partial charge on any atom is -0.341 e. The van der Waals surface area contributed by atoms with Crippen molar-refractivity contribution in [1.29, 1.82) is 0 Å². The molecule has 5 heteroatoms. The number of rotatable bonds is 3. The Balaban J connectivity index is 1.59. The van der Waals surface area contributed by atoms with Crippen molar-refractivity contribution in [3.63, 3.8) is 0 Å². The molecule has 1 fully saturated rings. The highest BCUT2D eigenvalue weighted by Gasteiger charge is 2.35. The first-order valence-electron chi connectivity index (χ1n) is 10.1. The lowest BCUT2D eigenvalue weighted by atomic mass is 9.83. The molecule has 2 aromatic rings. The molecular weight excluding hydrogens is 338 g/mol. The first-order valence-corrected chi connectivity index (χ1v) is 10.1. The van der Waals surface area contributed by atoms with E-state index < -0.39 is 0 Å². The number of amides is 1. The summed E-state index contributed by atoms with van der Waals surface area (Å²) in [4.78, 5) is 35.1. The van der Waals surface area contributed by atoms with E-state index in [1.54, 1.807) is 6.92 Å². The highest BCUT2D eigenvalue weighted by atomic mass is 16.2. The van der Waals surface area contributed by atoms with Gasteiger partial charge in [0.2, 0.25) is 5.91 Å².